The van der Waals surface area contributed by atoms with Crippen molar-refractivity contribution in [1.82, 2.24) is 9.97 Å². The van der Waals surface area contributed by atoms with Crippen molar-refractivity contribution in [1.29, 1.82) is 0 Å². The minimum absolute atomic E-state index is 0.0159. The lowest BCUT2D eigenvalue weighted by Gasteiger charge is -2.46. The molecule has 11 rings (SSSR count). The molecule has 3 heterocycles. The van der Waals surface area contributed by atoms with Gasteiger partial charge in [-0.1, -0.05) is 158 Å². The molecule has 2 aromatic heterocycles. The van der Waals surface area contributed by atoms with Gasteiger partial charge in [-0.3, -0.25) is 9.88 Å². The summed E-state index contributed by atoms with van der Waals surface area (Å²) >= 11 is 0. The van der Waals surface area contributed by atoms with Crippen LogP contribution in [0.5, 0.6) is 11.5 Å². The zero-order valence-electron chi connectivity index (χ0n) is 31.6. The Morgan fingerprint density at radius 3 is 1.86 bits per heavy atom. The molecule has 0 amide bonds. The Morgan fingerprint density at radius 1 is 0.483 bits per heavy atom. The number of anilines is 3. The van der Waals surface area contributed by atoms with Crippen molar-refractivity contribution >= 4 is 46.0 Å². The first-order valence-electron chi connectivity index (χ1n) is 19.8. The van der Waals surface area contributed by atoms with Crippen LogP contribution in [0.3, 0.4) is 0 Å². The van der Waals surface area contributed by atoms with Crippen LogP contribution in [-0.2, 0) is 0 Å². The Kier molecular flexibility index (Phi) is 8.19. The van der Waals surface area contributed by atoms with E-state index < -0.39 is 8.07 Å². The molecular formula is C53H37N3OSi. The first-order chi connectivity index (χ1) is 28.8. The van der Waals surface area contributed by atoms with Crippen LogP contribution in [-0.4, -0.2) is 18.0 Å². The van der Waals surface area contributed by atoms with Gasteiger partial charge >= 0.3 is 0 Å². The molecule has 58 heavy (non-hydrogen) atoms. The summed E-state index contributed by atoms with van der Waals surface area (Å²) in [4.78, 5) is 12.1. The molecule has 1 aliphatic carbocycles. The fourth-order valence-corrected chi connectivity index (χ4v) is 14.5. The molecule has 1 aliphatic heterocycles. The van der Waals surface area contributed by atoms with Crippen LogP contribution in [0.25, 0.3) is 22.4 Å². The fourth-order valence-electron chi connectivity index (χ4n) is 9.44. The van der Waals surface area contributed by atoms with E-state index in [1.54, 1.807) is 0 Å². The molecule has 2 aliphatic rings. The summed E-state index contributed by atoms with van der Waals surface area (Å²) in [5.41, 5.74) is 10.6. The molecule has 0 spiro atoms. The SMILES string of the molecule is c1ccc(C2c3ccccc3-c3ccc4c(c32)N(c2ccccn2)c2cc(Oc3cccc(-c5ccccn5)c3)ccc2[Si]4(c2ccccc2)c2ccccc2)cc1. The van der Waals surface area contributed by atoms with Gasteiger partial charge in [0.05, 0.1) is 17.1 Å². The van der Waals surface area contributed by atoms with Crippen molar-refractivity contribution in [3.8, 4) is 33.9 Å². The van der Waals surface area contributed by atoms with Gasteiger partial charge < -0.3 is 4.74 Å². The predicted molar refractivity (Wildman–Crippen MR) is 239 cm³/mol. The van der Waals surface area contributed by atoms with Crippen molar-refractivity contribution < 1.29 is 4.74 Å². The number of pyridine rings is 2. The average molecular weight is 760 g/mol. The molecule has 9 aromatic rings. The molecular weight excluding hydrogens is 723 g/mol. The van der Waals surface area contributed by atoms with Gasteiger partial charge in [0.15, 0.2) is 8.07 Å². The average Bonchev–Trinajstić information content (AvgIpc) is 3.64. The van der Waals surface area contributed by atoms with E-state index in [4.69, 9.17) is 9.72 Å². The van der Waals surface area contributed by atoms with Crippen LogP contribution in [0.15, 0.2) is 219 Å². The lowest BCUT2D eigenvalue weighted by molar-refractivity contribution is 0.483. The van der Waals surface area contributed by atoms with Gasteiger partial charge in [0.1, 0.15) is 17.3 Å². The maximum absolute atomic E-state index is 6.83. The Labute approximate surface area is 339 Å². The van der Waals surface area contributed by atoms with Crippen LogP contribution >= 0.6 is 0 Å². The molecule has 0 saturated heterocycles. The molecule has 0 fully saturated rings. The summed E-state index contributed by atoms with van der Waals surface area (Å²) in [5, 5.41) is 5.28. The lowest BCUT2D eigenvalue weighted by atomic mass is 9.88. The van der Waals surface area contributed by atoms with Crippen LogP contribution in [0, 0.1) is 0 Å². The highest BCUT2D eigenvalue weighted by Gasteiger charge is 2.51. The number of aromatic nitrogens is 2. The van der Waals surface area contributed by atoms with Gasteiger partial charge in [-0.05, 0) is 91.0 Å². The van der Waals surface area contributed by atoms with Crippen LogP contribution in [0.4, 0.5) is 17.2 Å². The molecule has 0 N–H and O–H groups in total. The van der Waals surface area contributed by atoms with Gasteiger partial charge in [-0.2, -0.15) is 0 Å². The summed E-state index contributed by atoms with van der Waals surface area (Å²) < 4.78 is 6.83. The second-order valence-electron chi connectivity index (χ2n) is 14.9. The number of ether oxygens (including phenoxy) is 1. The maximum Gasteiger partial charge on any atom is 0.184 e. The summed E-state index contributed by atoms with van der Waals surface area (Å²) in [6.45, 7) is 0. The second-order valence-corrected chi connectivity index (χ2v) is 18.6. The van der Waals surface area contributed by atoms with Gasteiger partial charge in [0.25, 0.3) is 0 Å². The van der Waals surface area contributed by atoms with E-state index in [0.717, 1.165) is 34.3 Å². The van der Waals surface area contributed by atoms with Crippen molar-refractivity contribution in [3.05, 3.63) is 235 Å². The topological polar surface area (TPSA) is 38.2 Å². The predicted octanol–water partition coefficient (Wildman–Crippen LogP) is 10.3. The monoisotopic (exact) mass is 759 g/mol. The zero-order valence-corrected chi connectivity index (χ0v) is 32.6. The highest BCUT2D eigenvalue weighted by atomic mass is 28.3. The van der Waals surface area contributed by atoms with Gasteiger partial charge in [-0.25, -0.2) is 4.98 Å². The molecule has 7 aromatic carbocycles. The molecule has 0 radical (unpaired) electrons. The van der Waals surface area contributed by atoms with E-state index >= 15 is 0 Å². The highest BCUT2D eigenvalue weighted by molar-refractivity contribution is 7.21. The van der Waals surface area contributed by atoms with Crippen LogP contribution < -0.4 is 30.4 Å². The minimum Gasteiger partial charge on any atom is -0.457 e. The maximum atomic E-state index is 6.83. The molecule has 0 saturated carbocycles. The smallest absolute Gasteiger partial charge is 0.184 e. The first-order valence-corrected chi connectivity index (χ1v) is 21.8. The largest absolute Gasteiger partial charge is 0.457 e. The van der Waals surface area contributed by atoms with E-state index in [1.807, 2.05) is 48.8 Å². The van der Waals surface area contributed by atoms with E-state index in [9.17, 15) is 0 Å². The number of hydrogen-bond donors (Lipinski definition) is 0. The van der Waals surface area contributed by atoms with E-state index in [1.165, 1.54) is 54.3 Å². The zero-order chi connectivity index (χ0) is 38.5. The number of hydrogen-bond acceptors (Lipinski definition) is 4. The Balaban J connectivity index is 1.23. The van der Waals surface area contributed by atoms with Gasteiger partial charge in [0.2, 0.25) is 0 Å². The number of fused-ring (bicyclic) bond motifs is 6. The lowest BCUT2D eigenvalue weighted by Crippen LogP contribution is -2.77. The molecule has 4 nitrogen and oxygen atoms in total. The van der Waals surface area contributed by atoms with Crippen molar-refractivity contribution in [3.63, 3.8) is 0 Å². The summed E-state index contributed by atoms with van der Waals surface area (Å²) in [6, 6.07) is 74.3. The van der Waals surface area contributed by atoms with Crippen LogP contribution in [0.1, 0.15) is 22.6 Å². The number of rotatable bonds is 7. The third kappa shape index (κ3) is 5.35. The number of benzene rings is 7. The van der Waals surface area contributed by atoms with Gasteiger partial charge in [-0.15, -0.1) is 0 Å². The van der Waals surface area contributed by atoms with Crippen molar-refractivity contribution in [2.24, 2.45) is 0 Å². The molecule has 1 unspecified atom stereocenters. The Hall–Kier alpha value is -7.34. The Morgan fingerprint density at radius 2 is 1.14 bits per heavy atom. The van der Waals surface area contributed by atoms with E-state index in [-0.39, 0.29) is 5.92 Å². The van der Waals surface area contributed by atoms with Gasteiger partial charge in [0, 0.05) is 29.9 Å². The van der Waals surface area contributed by atoms with Crippen molar-refractivity contribution in [2.45, 2.75) is 5.92 Å². The fraction of sp³-hybridized carbons (Fsp3) is 0.0189. The molecule has 1 atom stereocenters. The summed E-state index contributed by atoms with van der Waals surface area (Å²) in [7, 11) is -3.03. The van der Waals surface area contributed by atoms with E-state index in [2.05, 4.69) is 180 Å². The summed E-state index contributed by atoms with van der Waals surface area (Å²) in [5.74, 6) is 2.38. The standard InChI is InChI=1S/C53H37N3OSi/c1-4-17-37(18-5-1)51-44-26-11-10-25-43(44)45-30-32-49-53(52(45)51)56(50-28-13-15-34-55-50)47-36-40(57-39-20-16-19-38(35-39)46-27-12-14-33-54-46)29-31-48(47)58(49,41-21-6-2-7-22-41)42-23-8-3-9-24-42/h1-36,51H. The molecule has 0 bridgehead atoms. The quantitative estimate of drug-likeness (QED) is 0.152. The normalized spacial score (nSPS) is 14.5. The highest BCUT2D eigenvalue weighted by Crippen LogP contribution is 2.54. The molecule has 274 valence electrons. The minimum atomic E-state index is -3.03. The third-order valence-electron chi connectivity index (χ3n) is 11.8. The summed E-state index contributed by atoms with van der Waals surface area (Å²) in [6.07, 6.45) is 3.72. The number of nitrogens with zero attached hydrogens (tertiary/aromatic N) is 3. The Bertz CT molecular complexity index is 2880. The third-order valence-corrected chi connectivity index (χ3v) is 16.6. The first kappa shape index (κ1) is 33.9. The van der Waals surface area contributed by atoms with E-state index in [0.29, 0.717) is 0 Å². The van der Waals surface area contributed by atoms with Crippen molar-refractivity contribution in [2.75, 3.05) is 4.90 Å². The molecule has 5 heteroatoms. The second kappa shape index (κ2) is 14.0. The van der Waals surface area contributed by atoms with Crippen LogP contribution in [0.2, 0.25) is 0 Å².